The molecule has 1 amide bonds. The van der Waals surface area contributed by atoms with E-state index in [0.717, 1.165) is 17.9 Å². The molecule has 2 atom stereocenters. The number of nitrogens with one attached hydrogen (secondary N) is 1. The van der Waals surface area contributed by atoms with E-state index < -0.39 is 6.04 Å². The zero-order valence-corrected chi connectivity index (χ0v) is 10.6. The first-order chi connectivity index (χ1) is 8.08. The highest BCUT2D eigenvalue weighted by atomic mass is 16.5. The van der Waals surface area contributed by atoms with Crippen LogP contribution in [0.1, 0.15) is 20.3 Å². The van der Waals surface area contributed by atoms with Crippen molar-refractivity contribution in [1.29, 1.82) is 0 Å². The predicted octanol–water partition coefficient (Wildman–Crippen LogP) is 2.01. The number of amides is 1. The summed E-state index contributed by atoms with van der Waals surface area (Å²) in [5, 5.41) is 2.79. The van der Waals surface area contributed by atoms with Crippen molar-refractivity contribution in [3.05, 3.63) is 24.3 Å². The standard InChI is InChI=1S/C13H20N2O2/c1-4-9(2)12(14)13(16)15-10-5-7-11(17-3)8-6-10/h5-9,12H,4,14H2,1-3H3,(H,15,16)/t9?,12-/m0/s1. The Labute approximate surface area is 102 Å². The summed E-state index contributed by atoms with van der Waals surface area (Å²) in [5.41, 5.74) is 6.57. The van der Waals surface area contributed by atoms with Crippen LogP contribution in [0.2, 0.25) is 0 Å². The third kappa shape index (κ3) is 3.75. The summed E-state index contributed by atoms with van der Waals surface area (Å²) in [6.45, 7) is 3.99. The summed E-state index contributed by atoms with van der Waals surface area (Å²) in [6, 6.07) is 6.71. The first kappa shape index (κ1) is 13.5. The molecule has 0 spiro atoms. The average Bonchev–Trinajstić information content (AvgIpc) is 2.37. The molecule has 0 fully saturated rings. The second kappa shape index (κ2) is 6.25. The Kier molecular flexibility index (Phi) is 4.97. The molecule has 0 radical (unpaired) electrons. The van der Waals surface area contributed by atoms with Gasteiger partial charge >= 0.3 is 0 Å². The average molecular weight is 236 g/mol. The van der Waals surface area contributed by atoms with Crippen LogP contribution in [0.15, 0.2) is 24.3 Å². The van der Waals surface area contributed by atoms with Crippen molar-refractivity contribution in [1.82, 2.24) is 0 Å². The fraction of sp³-hybridized carbons (Fsp3) is 0.462. The number of carbonyl (C=O) groups is 1. The van der Waals surface area contributed by atoms with Crippen molar-refractivity contribution >= 4 is 11.6 Å². The molecule has 1 aromatic rings. The smallest absolute Gasteiger partial charge is 0.241 e. The minimum atomic E-state index is -0.470. The Morgan fingerprint density at radius 1 is 1.41 bits per heavy atom. The monoisotopic (exact) mass is 236 g/mol. The normalized spacial score (nSPS) is 13.9. The second-order valence-electron chi connectivity index (χ2n) is 4.13. The van der Waals surface area contributed by atoms with E-state index in [-0.39, 0.29) is 11.8 Å². The van der Waals surface area contributed by atoms with Gasteiger partial charge in [-0.3, -0.25) is 4.79 Å². The number of nitrogens with two attached hydrogens (primary N) is 1. The molecule has 0 heterocycles. The zero-order valence-electron chi connectivity index (χ0n) is 10.6. The van der Waals surface area contributed by atoms with Crippen LogP contribution in [-0.4, -0.2) is 19.1 Å². The number of anilines is 1. The molecule has 0 saturated heterocycles. The van der Waals surface area contributed by atoms with Crippen LogP contribution >= 0.6 is 0 Å². The highest BCUT2D eigenvalue weighted by molar-refractivity contribution is 5.94. The number of ether oxygens (including phenoxy) is 1. The molecule has 0 bridgehead atoms. The van der Waals surface area contributed by atoms with E-state index in [2.05, 4.69) is 5.32 Å². The zero-order chi connectivity index (χ0) is 12.8. The van der Waals surface area contributed by atoms with Gasteiger partial charge in [0.05, 0.1) is 13.2 Å². The van der Waals surface area contributed by atoms with Crippen molar-refractivity contribution in [2.45, 2.75) is 26.3 Å². The van der Waals surface area contributed by atoms with Gasteiger partial charge in [0.2, 0.25) is 5.91 Å². The number of hydrogen-bond donors (Lipinski definition) is 2. The first-order valence-corrected chi connectivity index (χ1v) is 5.79. The van der Waals surface area contributed by atoms with Crippen molar-refractivity contribution in [2.24, 2.45) is 11.7 Å². The lowest BCUT2D eigenvalue weighted by molar-refractivity contribution is -0.118. The van der Waals surface area contributed by atoms with Crippen LogP contribution in [0.25, 0.3) is 0 Å². The molecule has 0 aliphatic rings. The molecule has 1 rings (SSSR count). The van der Waals surface area contributed by atoms with Gasteiger partial charge in [-0.1, -0.05) is 20.3 Å². The molecular weight excluding hydrogens is 216 g/mol. The van der Waals surface area contributed by atoms with Gasteiger partial charge in [0.1, 0.15) is 5.75 Å². The predicted molar refractivity (Wildman–Crippen MR) is 69.1 cm³/mol. The topological polar surface area (TPSA) is 64.4 Å². The van der Waals surface area contributed by atoms with E-state index >= 15 is 0 Å². The molecule has 1 unspecified atom stereocenters. The van der Waals surface area contributed by atoms with Gasteiger partial charge in [-0.05, 0) is 30.2 Å². The van der Waals surface area contributed by atoms with E-state index in [4.69, 9.17) is 10.5 Å². The van der Waals surface area contributed by atoms with Gasteiger partial charge in [0.15, 0.2) is 0 Å². The molecule has 4 nitrogen and oxygen atoms in total. The van der Waals surface area contributed by atoms with E-state index in [0.29, 0.717) is 0 Å². The van der Waals surface area contributed by atoms with Crippen molar-refractivity contribution < 1.29 is 9.53 Å². The van der Waals surface area contributed by atoms with Gasteiger partial charge in [-0.15, -0.1) is 0 Å². The molecule has 0 aliphatic heterocycles. The SMILES string of the molecule is CCC(C)[C@H](N)C(=O)Nc1ccc(OC)cc1. The molecule has 1 aromatic carbocycles. The lowest BCUT2D eigenvalue weighted by Crippen LogP contribution is -2.40. The Morgan fingerprint density at radius 2 is 2.00 bits per heavy atom. The molecule has 0 aliphatic carbocycles. The maximum absolute atomic E-state index is 11.8. The van der Waals surface area contributed by atoms with E-state index in [1.54, 1.807) is 31.4 Å². The molecule has 0 aromatic heterocycles. The quantitative estimate of drug-likeness (QED) is 0.822. The van der Waals surface area contributed by atoms with Crippen LogP contribution < -0.4 is 15.8 Å². The summed E-state index contributed by atoms with van der Waals surface area (Å²) in [4.78, 5) is 11.8. The fourth-order valence-corrected chi connectivity index (χ4v) is 1.41. The highest BCUT2D eigenvalue weighted by Crippen LogP contribution is 2.16. The Balaban J connectivity index is 2.61. The lowest BCUT2D eigenvalue weighted by Gasteiger charge is -2.17. The minimum absolute atomic E-state index is 0.149. The number of hydrogen-bond acceptors (Lipinski definition) is 3. The Morgan fingerprint density at radius 3 is 2.47 bits per heavy atom. The second-order valence-corrected chi connectivity index (χ2v) is 4.13. The van der Waals surface area contributed by atoms with Gasteiger partial charge in [-0.2, -0.15) is 0 Å². The Bertz CT molecular complexity index is 362. The van der Waals surface area contributed by atoms with Gasteiger partial charge < -0.3 is 15.8 Å². The van der Waals surface area contributed by atoms with Gasteiger partial charge in [0.25, 0.3) is 0 Å². The van der Waals surface area contributed by atoms with Gasteiger partial charge in [-0.25, -0.2) is 0 Å². The summed E-state index contributed by atoms with van der Waals surface area (Å²) < 4.78 is 5.04. The van der Waals surface area contributed by atoms with E-state index in [1.165, 1.54) is 0 Å². The van der Waals surface area contributed by atoms with Crippen LogP contribution in [0, 0.1) is 5.92 Å². The van der Waals surface area contributed by atoms with Crippen molar-refractivity contribution in [3.8, 4) is 5.75 Å². The summed E-state index contributed by atoms with van der Waals surface area (Å²) in [7, 11) is 1.60. The van der Waals surface area contributed by atoms with Crippen LogP contribution in [0.5, 0.6) is 5.75 Å². The maximum atomic E-state index is 11.8. The largest absolute Gasteiger partial charge is 0.497 e. The fourth-order valence-electron chi connectivity index (χ4n) is 1.41. The first-order valence-electron chi connectivity index (χ1n) is 5.79. The van der Waals surface area contributed by atoms with Crippen LogP contribution in [0.4, 0.5) is 5.69 Å². The molecule has 94 valence electrons. The summed E-state index contributed by atoms with van der Waals surface area (Å²) in [5.74, 6) is 0.784. The maximum Gasteiger partial charge on any atom is 0.241 e. The molecule has 4 heteroatoms. The lowest BCUT2D eigenvalue weighted by atomic mass is 9.99. The third-order valence-electron chi connectivity index (χ3n) is 2.92. The van der Waals surface area contributed by atoms with Crippen molar-refractivity contribution in [2.75, 3.05) is 12.4 Å². The minimum Gasteiger partial charge on any atom is -0.497 e. The molecule has 0 saturated carbocycles. The Hall–Kier alpha value is -1.55. The van der Waals surface area contributed by atoms with E-state index in [9.17, 15) is 4.79 Å². The van der Waals surface area contributed by atoms with Crippen molar-refractivity contribution in [3.63, 3.8) is 0 Å². The van der Waals surface area contributed by atoms with Crippen LogP contribution in [0.3, 0.4) is 0 Å². The van der Waals surface area contributed by atoms with Crippen LogP contribution in [-0.2, 0) is 4.79 Å². The summed E-state index contributed by atoms with van der Waals surface area (Å²) >= 11 is 0. The molecule has 17 heavy (non-hydrogen) atoms. The number of carbonyl (C=O) groups excluding carboxylic acids is 1. The number of methoxy groups -OCH3 is 1. The summed E-state index contributed by atoms with van der Waals surface area (Å²) in [6.07, 6.45) is 0.886. The third-order valence-corrected chi connectivity index (χ3v) is 2.92. The highest BCUT2D eigenvalue weighted by Gasteiger charge is 2.19. The number of rotatable bonds is 5. The van der Waals surface area contributed by atoms with Gasteiger partial charge in [0, 0.05) is 5.69 Å². The van der Waals surface area contributed by atoms with E-state index in [1.807, 2.05) is 13.8 Å². The molecule has 3 N–H and O–H groups in total. The number of benzene rings is 1. The molecular formula is C13H20N2O2.